The number of nitrogens with zero attached hydrogens (tertiary/aromatic N) is 5. The molecule has 1 N–H and O–H groups in total. The van der Waals surface area contributed by atoms with Crippen LogP contribution in [0.3, 0.4) is 0 Å². The van der Waals surface area contributed by atoms with Gasteiger partial charge in [0.05, 0.1) is 17.9 Å². The molecule has 0 aromatic carbocycles. The van der Waals surface area contributed by atoms with E-state index in [4.69, 9.17) is 9.72 Å². The first-order valence-corrected chi connectivity index (χ1v) is 11.5. The molecule has 0 spiro atoms. The van der Waals surface area contributed by atoms with E-state index in [0.717, 1.165) is 43.5 Å². The summed E-state index contributed by atoms with van der Waals surface area (Å²) in [4.78, 5) is 7.69. The Balaban J connectivity index is 2.11. The summed E-state index contributed by atoms with van der Waals surface area (Å²) in [6, 6.07) is 0. The molecule has 7 heteroatoms. The Morgan fingerprint density at radius 1 is 1.13 bits per heavy atom. The molecule has 0 radical (unpaired) electrons. The number of aryl methyl sites for hydroxylation is 1. The van der Waals surface area contributed by atoms with Crippen LogP contribution >= 0.6 is 0 Å². The van der Waals surface area contributed by atoms with Gasteiger partial charge in [-0.25, -0.2) is 0 Å². The third kappa shape index (κ3) is 3.91. The summed E-state index contributed by atoms with van der Waals surface area (Å²) < 4.78 is 5.75. The zero-order valence-corrected chi connectivity index (χ0v) is 19.2. The van der Waals surface area contributed by atoms with Crippen LogP contribution in [0.2, 0.25) is 0 Å². The maximum Gasteiger partial charge on any atom is 0.207 e. The van der Waals surface area contributed by atoms with Gasteiger partial charge < -0.3 is 9.64 Å². The number of methoxy groups -OCH3 is 1. The van der Waals surface area contributed by atoms with E-state index in [1.165, 1.54) is 41.8 Å². The first-order valence-electron chi connectivity index (χ1n) is 11.5. The number of aromatic nitrogens is 5. The molecule has 0 saturated carbocycles. The Kier molecular flexibility index (Phi) is 6.51. The highest BCUT2D eigenvalue weighted by Gasteiger charge is 2.38. The monoisotopic (exact) mass is 422 g/mol. The van der Waals surface area contributed by atoms with Gasteiger partial charge in [0.25, 0.3) is 0 Å². The minimum Gasteiger partial charge on any atom is -0.384 e. The van der Waals surface area contributed by atoms with E-state index in [2.05, 4.69) is 64.6 Å². The smallest absolute Gasteiger partial charge is 0.207 e. The molecule has 31 heavy (non-hydrogen) atoms. The zero-order chi connectivity index (χ0) is 21.8. The van der Waals surface area contributed by atoms with Crippen LogP contribution in [0.15, 0.2) is 18.2 Å². The quantitative estimate of drug-likeness (QED) is 0.678. The molecule has 2 aliphatic rings. The average Bonchev–Trinajstić information content (AvgIpc) is 3.22. The summed E-state index contributed by atoms with van der Waals surface area (Å²) in [6.07, 6.45) is 14.1. The lowest BCUT2D eigenvalue weighted by Crippen LogP contribution is -2.34. The highest BCUT2D eigenvalue weighted by molar-refractivity contribution is 5.83. The van der Waals surface area contributed by atoms with Gasteiger partial charge in [0.1, 0.15) is 0 Å². The maximum atomic E-state index is 5.75. The average molecular weight is 423 g/mol. The fourth-order valence-electron chi connectivity index (χ4n) is 5.08. The summed E-state index contributed by atoms with van der Waals surface area (Å²) in [6.45, 7) is 5.95. The van der Waals surface area contributed by atoms with Crippen molar-refractivity contribution in [3.63, 3.8) is 0 Å². The first kappa shape index (κ1) is 21.7. The minimum absolute atomic E-state index is 0.204. The zero-order valence-electron chi connectivity index (χ0n) is 19.2. The van der Waals surface area contributed by atoms with Crippen molar-refractivity contribution in [2.45, 2.75) is 64.2 Å². The number of likely N-dealkylation sites (N-methyl/N-ethyl adjacent to an activating group) is 1. The van der Waals surface area contributed by atoms with Crippen molar-refractivity contribution in [3.05, 3.63) is 40.7 Å². The molecule has 0 unspecified atom stereocenters. The van der Waals surface area contributed by atoms with Crippen LogP contribution in [0.25, 0.3) is 17.1 Å². The predicted octanol–water partition coefficient (Wildman–Crippen LogP) is 4.08. The van der Waals surface area contributed by atoms with E-state index >= 15 is 0 Å². The number of H-pyrrole nitrogens is 1. The van der Waals surface area contributed by atoms with Gasteiger partial charge in [-0.1, -0.05) is 32.4 Å². The van der Waals surface area contributed by atoms with Crippen LogP contribution < -0.4 is 0 Å². The summed E-state index contributed by atoms with van der Waals surface area (Å²) in [5, 5.41) is 15.5. The number of hydrogen-bond acceptors (Lipinski definition) is 6. The molecule has 7 nitrogen and oxygen atoms in total. The van der Waals surface area contributed by atoms with Crippen LogP contribution in [0.1, 0.15) is 68.5 Å². The first-order chi connectivity index (χ1) is 15.1. The van der Waals surface area contributed by atoms with Crippen molar-refractivity contribution < 1.29 is 4.74 Å². The Morgan fingerprint density at radius 2 is 1.94 bits per heavy atom. The second-order valence-electron chi connectivity index (χ2n) is 8.71. The van der Waals surface area contributed by atoms with Crippen LogP contribution in [0, 0.1) is 0 Å². The number of ether oxygens (including phenoxy) is 1. The Bertz CT molecular complexity index is 959. The lowest BCUT2D eigenvalue weighted by atomic mass is 9.75. The van der Waals surface area contributed by atoms with E-state index in [9.17, 15) is 0 Å². The van der Waals surface area contributed by atoms with Crippen LogP contribution in [0.4, 0.5) is 0 Å². The number of hydrogen-bond donors (Lipinski definition) is 1. The molecule has 0 atom stereocenters. The van der Waals surface area contributed by atoms with Gasteiger partial charge in [-0.05, 0) is 55.4 Å². The third-order valence-corrected chi connectivity index (χ3v) is 7.01. The molecular weight excluding hydrogens is 388 g/mol. The lowest BCUT2D eigenvalue weighted by molar-refractivity contribution is 0.121. The van der Waals surface area contributed by atoms with Crippen molar-refractivity contribution in [1.82, 2.24) is 30.5 Å². The summed E-state index contributed by atoms with van der Waals surface area (Å²) in [5.74, 6) is 0.621. The fraction of sp³-hybridized carbons (Fsp3) is 0.583. The van der Waals surface area contributed by atoms with Gasteiger partial charge >= 0.3 is 0 Å². The number of tetrazole rings is 1. The highest BCUT2D eigenvalue weighted by Crippen LogP contribution is 2.44. The summed E-state index contributed by atoms with van der Waals surface area (Å²) in [5.41, 5.74) is 6.91. The van der Waals surface area contributed by atoms with E-state index in [1.54, 1.807) is 7.11 Å². The van der Waals surface area contributed by atoms with Crippen LogP contribution in [-0.4, -0.2) is 57.8 Å². The molecular formula is C24H34N6O. The molecule has 0 amide bonds. The third-order valence-electron chi connectivity index (χ3n) is 7.01. The van der Waals surface area contributed by atoms with E-state index in [0.29, 0.717) is 12.4 Å². The van der Waals surface area contributed by atoms with Gasteiger partial charge in [0.2, 0.25) is 5.82 Å². The summed E-state index contributed by atoms with van der Waals surface area (Å²) in [7, 11) is 3.93. The van der Waals surface area contributed by atoms with E-state index < -0.39 is 0 Å². The van der Waals surface area contributed by atoms with Crippen molar-refractivity contribution in [3.8, 4) is 11.4 Å². The number of allylic oxidation sites excluding steroid dienone is 2. The SMILES string of the molecule is CCC(CC)(COC)c1nc2c(c(C3=CC=CCN3C)c1-c1nn[nH]n1)CCCCC2. The number of aromatic amines is 1. The predicted molar refractivity (Wildman–Crippen MR) is 123 cm³/mol. The molecule has 1 aliphatic heterocycles. The Morgan fingerprint density at radius 3 is 2.61 bits per heavy atom. The Hall–Kier alpha value is -2.54. The summed E-state index contributed by atoms with van der Waals surface area (Å²) >= 11 is 0. The van der Waals surface area contributed by atoms with Crippen molar-refractivity contribution in [1.29, 1.82) is 0 Å². The maximum absolute atomic E-state index is 5.75. The number of pyridine rings is 1. The fourth-order valence-corrected chi connectivity index (χ4v) is 5.08. The Labute approximate surface area is 185 Å². The molecule has 1 aliphatic carbocycles. The molecule has 0 fully saturated rings. The normalized spacial score (nSPS) is 16.8. The second kappa shape index (κ2) is 9.30. The van der Waals surface area contributed by atoms with Crippen molar-refractivity contribution in [2.75, 3.05) is 27.3 Å². The standard InChI is InChI=1S/C24H34N6O/c1-5-24(6-2,16-31-4)22-21(23-26-28-29-27-23)20(19-14-10-11-15-30(19)3)17-12-8-7-9-13-18(17)25-22/h10-11,14H,5-9,12-13,15-16H2,1-4H3,(H,26,27,28,29). The van der Waals surface area contributed by atoms with Gasteiger partial charge in [-0.15, -0.1) is 10.2 Å². The minimum atomic E-state index is -0.204. The van der Waals surface area contributed by atoms with E-state index in [1.807, 2.05) is 0 Å². The second-order valence-corrected chi connectivity index (χ2v) is 8.71. The molecule has 0 bridgehead atoms. The van der Waals surface area contributed by atoms with Crippen LogP contribution in [-0.2, 0) is 23.0 Å². The highest BCUT2D eigenvalue weighted by atomic mass is 16.5. The van der Waals surface area contributed by atoms with Crippen LogP contribution in [0.5, 0.6) is 0 Å². The van der Waals surface area contributed by atoms with Crippen molar-refractivity contribution in [2.24, 2.45) is 0 Å². The lowest BCUT2D eigenvalue weighted by Gasteiger charge is -2.35. The van der Waals surface area contributed by atoms with Gasteiger partial charge in [0.15, 0.2) is 0 Å². The molecule has 3 heterocycles. The molecule has 4 rings (SSSR count). The molecule has 2 aromatic heterocycles. The van der Waals surface area contributed by atoms with Gasteiger partial charge in [-0.3, -0.25) is 4.98 Å². The van der Waals surface area contributed by atoms with Gasteiger partial charge in [0, 0.05) is 43.1 Å². The van der Waals surface area contributed by atoms with Crippen molar-refractivity contribution >= 4 is 5.70 Å². The largest absolute Gasteiger partial charge is 0.384 e. The number of rotatable bonds is 7. The molecule has 2 aromatic rings. The number of fused-ring (bicyclic) bond motifs is 1. The van der Waals surface area contributed by atoms with Gasteiger partial charge in [-0.2, -0.15) is 5.21 Å². The molecule has 0 saturated heterocycles. The topological polar surface area (TPSA) is 79.8 Å². The van der Waals surface area contributed by atoms with E-state index in [-0.39, 0.29) is 5.41 Å². The molecule has 166 valence electrons. The number of nitrogens with one attached hydrogen (secondary N) is 1.